The van der Waals surface area contributed by atoms with Gasteiger partial charge in [0.1, 0.15) is 22.9 Å². The van der Waals surface area contributed by atoms with Crippen LogP contribution in [0.5, 0.6) is 11.5 Å². The number of hydrogen-bond donors (Lipinski definition) is 0. The van der Waals surface area contributed by atoms with Crippen molar-refractivity contribution in [1.82, 2.24) is 19.6 Å². The van der Waals surface area contributed by atoms with E-state index in [0.29, 0.717) is 65.7 Å². The molecule has 3 aromatic carbocycles. The van der Waals surface area contributed by atoms with Crippen molar-refractivity contribution in [3.63, 3.8) is 0 Å². The van der Waals surface area contributed by atoms with Gasteiger partial charge in [-0.05, 0) is 81.1 Å². The highest BCUT2D eigenvalue weighted by Gasteiger charge is 2.52. The van der Waals surface area contributed by atoms with Gasteiger partial charge in [0.15, 0.2) is 0 Å². The third kappa shape index (κ3) is 7.00. The number of ether oxygens (including phenoxy) is 2. The zero-order valence-corrected chi connectivity index (χ0v) is 29.5. The lowest BCUT2D eigenvalue weighted by Crippen LogP contribution is -2.56. The third-order valence-electron chi connectivity index (χ3n) is 9.43. The predicted molar refractivity (Wildman–Crippen MR) is 189 cm³/mol. The maximum absolute atomic E-state index is 15.0. The molecule has 0 aliphatic carbocycles. The Morgan fingerprint density at radius 1 is 0.875 bits per heavy atom. The lowest BCUT2D eigenvalue weighted by molar-refractivity contribution is -0.131. The summed E-state index contributed by atoms with van der Waals surface area (Å²) in [6.45, 7) is 10.2. The average molecular weight is 693 g/mol. The first kappa shape index (κ1) is 34.1. The van der Waals surface area contributed by atoms with Gasteiger partial charge < -0.3 is 19.3 Å². The number of halogens is 2. The first-order chi connectivity index (χ1) is 23.1. The fraction of sp³-hybridized carbons (Fsp3) is 0.432. The molecule has 0 bridgehead atoms. The number of piperazine rings is 1. The predicted octanol–water partition coefficient (Wildman–Crippen LogP) is 6.87. The molecular formula is C37H43Cl2N5O4. The highest BCUT2D eigenvalue weighted by atomic mass is 35.5. The van der Waals surface area contributed by atoms with Gasteiger partial charge in [-0.15, -0.1) is 0 Å². The highest BCUT2D eigenvalue weighted by Crippen LogP contribution is 2.50. The molecule has 3 aromatic rings. The Labute approximate surface area is 293 Å². The van der Waals surface area contributed by atoms with Crippen molar-refractivity contribution in [1.29, 1.82) is 0 Å². The van der Waals surface area contributed by atoms with Gasteiger partial charge in [-0.1, -0.05) is 47.5 Å². The average Bonchev–Trinajstić information content (AvgIpc) is 3.73. The Morgan fingerprint density at radius 2 is 1.50 bits per heavy atom. The van der Waals surface area contributed by atoms with Gasteiger partial charge in [-0.3, -0.25) is 19.6 Å². The molecule has 9 nitrogen and oxygen atoms in total. The van der Waals surface area contributed by atoms with Crippen molar-refractivity contribution in [2.75, 3.05) is 52.9 Å². The molecule has 0 spiro atoms. The summed E-state index contributed by atoms with van der Waals surface area (Å²) < 4.78 is 11.9. The molecule has 2 fully saturated rings. The molecule has 2 saturated heterocycles. The molecule has 0 radical (unpaired) electrons. The van der Waals surface area contributed by atoms with Crippen LogP contribution in [0.1, 0.15) is 56.3 Å². The van der Waals surface area contributed by atoms with E-state index >= 15 is 0 Å². The van der Waals surface area contributed by atoms with E-state index in [-0.39, 0.29) is 18.0 Å². The minimum atomic E-state index is -0.900. The van der Waals surface area contributed by atoms with Crippen molar-refractivity contribution in [3.05, 3.63) is 93.5 Å². The lowest BCUT2D eigenvalue weighted by atomic mass is 9.81. The summed E-state index contributed by atoms with van der Waals surface area (Å²) in [5, 5.41) is 1.22. The quantitative estimate of drug-likeness (QED) is 0.258. The Morgan fingerprint density at radius 3 is 2.10 bits per heavy atom. The van der Waals surface area contributed by atoms with Crippen LogP contribution in [0.4, 0.5) is 4.79 Å². The fourth-order valence-corrected chi connectivity index (χ4v) is 7.15. The summed E-state index contributed by atoms with van der Waals surface area (Å²) in [4.78, 5) is 41.1. The number of amidine groups is 1. The topological polar surface area (TPSA) is 77.9 Å². The van der Waals surface area contributed by atoms with E-state index in [4.69, 9.17) is 37.7 Å². The lowest BCUT2D eigenvalue weighted by Gasteiger charge is -2.40. The van der Waals surface area contributed by atoms with Crippen molar-refractivity contribution in [2.45, 2.75) is 51.3 Å². The number of amides is 3. The van der Waals surface area contributed by atoms with Crippen LogP contribution in [-0.2, 0) is 10.3 Å². The second-order valence-electron chi connectivity index (χ2n) is 13.1. The first-order valence-corrected chi connectivity index (χ1v) is 17.4. The first-order valence-electron chi connectivity index (χ1n) is 16.6. The van der Waals surface area contributed by atoms with E-state index in [9.17, 15) is 9.59 Å². The van der Waals surface area contributed by atoms with Crippen LogP contribution in [0.15, 0.2) is 71.7 Å². The summed E-state index contributed by atoms with van der Waals surface area (Å²) in [6, 6.07) is 20.2. The molecule has 254 valence electrons. The highest BCUT2D eigenvalue weighted by molar-refractivity contribution is 6.30. The molecule has 2 atom stereocenters. The van der Waals surface area contributed by atoms with Crippen molar-refractivity contribution < 1.29 is 19.1 Å². The van der Waals surface area contributed by atoms with Crippen molar-refractivity contribution in [3.8, 4) is 11.5 Å². The standard InChI is InChI=1S/C37H43Cl2N5O4/c1-25(2)48-32-23-30(47-4)15-16-31(32)35-40-37(3,27-9-13-29(39)14-10-27)34(26-7-11-28(38)12-8-26)44(35)36(46)43-21-19-41(20-22-43)24-33(45)42-17-5-6-18-42/h7-16,23,25,34H,5-6,17-22,24H2,1-4H3/t34-,37-/m0/s1. The summed E-state index contributed by atoms with van der Waals surface area (Å²) in [6.07, 6.45) is 2.00. The van der Waals surface area contributed by atoms with E-state index in [1.165, 1.54) is 0 Å². The molecule has 0 aromatic heterocycles. The monoisotopic (exact) mass is 691 g/mol. The smallest absolute Gasteiger partial charge is 0.326 e. The number of nitrogens with zero attached hydrogens (tertiary/aromatic N) is 5. The van der Waals surface area contributed by atoms with E-state index in [2.05, 4.69) is 11.8 Å². The van der Waals surface area contributed by atoms with Gasteiger partial charge in [0.25, 0.3) is 0 Å². The molecule has 0 unspecified atom stereocenters. The molecule has 3 heterocycles. The van der Waals surface area contributed by atoms with Crippen LogP contribution >= 0.6 is 23.2 Å². The Bertz CT molecular complexity index is 1650. The number of likely N-dealkylation sites (tertiary alicyclic amines) is 1. The van der Waals surface area contributed by atoms with Gasteiger partial charge in [0, 0.05) is 55.4 Å². The fourth-order valence-electron chi connectivity index (χ4n) is 6.90. The number of urea groups is 1. The van der Waals surface area contributed by atoms with Crippen LogP contribution < -0.4 is 9.47 Å². The van der Waals surface area contributed by atoms with E-state index < -0.39 is 11.6 Å². The molecular weight excluding hydrogens is 649 g/mol. The number of hydrogen-bond acceptors (Lipinski definition) is 6. The number of carbonyl (C=O) groups is 2. The number of aliphatic imine (C=N–C) groups is 1. The maximum Gasteiger partial charge on any atom is 0.326 e. The Kier molecular flexibility index (Phi) is 10.2. The maximum atomic E-state index is 15.0. The van der Waals surface area contributed by atoms with Crippen LogP contribution in [0.3, 0.4) is 0 Å². The van der Waals surface area contributed by atoms with Crippen molar-refractivity contribution in [2.24, 2.45) is 4.99 Å². The van der Waals surface area contributed by atoms with Crippen LogP contribution in [0.25, 0.3) is 0 Å². The van der Waals surface area contributed by atoms with Crippen molar-refractivity contribution >= 4 is 41.0 Å². The Hall–Kier alpha value is -3.79. The minimum absolute atomic E-state index is 0.131. The summed E-state index contributed by atoms with van der Waals surface area (Å²) >= 11 is 12.7. The Balaban J connectivity index is 1.41. The molecule has 6 rings (SSSR count). The molecule has 0 saturated carbocycles. The molecule has 3 amide bonds. The van der Waals surface area contributed by atoms with Gasteiger partial charge in [-0.25, -0.2) is 4.79 Å². The van der Waals surface area contributed by atoms with E-state index in [0.717, 1.165) is 37.1 Å². The SMILES string of the molecule is COc1ccc(C2=N[C@@](C)(c3ccc(Cl)cc3)[C@H](c3ccc(Cl)cc3)N2C(=O)N2CCN(CC(=O)N3CCCC3)CC2)c(OC(C)C)c1. The summed E-state index contributed by atoms with van der Waals surface area (Å²) in [5.41, 5.74) is 1.58. The van der Waals surface area contributed by atoms with E-state index in [1.54, 1.807) is 7.11 Å². The second-order valence-corrected chi connectivity index (χ2v) is 13.9. The minimum Gasteiger partial charge on any atom is -0.497 e. The summed E-state index contributed by atoms with van der Waals surface area (Å²) in [7, 11) is 1.61. The van der Waals surface area contributed by atoms with E-state index in [1.807, 2.05) is 95.3 Å². The number of methoxy groups -OCH3 is 1. The summed E-state index contributed by atoms with van der Waals surface area (Å²) in [5.74, 6) is 1.88. The van der Waals surface area contributed by atoms with Gasteiger partial charge in [0.05, 0.1) is 31.4 Å². The van der Waals surface area contributed by atoms with Gasteiger partial charge in [0.2, 0.25) is 5.91 Å². The zero-order valence-electron chi connectivity index (χ0n) is 28.0. The number of rotatable bonds is 8. The molecule has 11 heteroatoms. The number of carbonyl (C=O) groups excluding carboxylic acids is 2. The van der Waals surface area contributed by atoms with Crippen LogP contribution in [0.2, 0.25) is 10.0 Å². The molecule has 48 heavy (non-hydrogen) atoms. The van der Waals surface area contributed by atoms with Crippen LogP contribution in [0, 0.1) is 0 Å². The van der Waals surface area contributed by atoms with Crippen LogP contribution in [-0.4, -0.2) is 96.4 Å². The van der Waals surface area contributed by atoms with Gasteiger partial charge >= 0.3 is 6.03 Å². The number of benzene rings is 3. The largest absolute Gasteiger partial charge is 0.497 e. The third-order valence-corrected chi connectivity index (χ3v) is 9.93. The molecule has 3 aliphatic rings. The normalized spacial score (nSPS) is 21.5. The zero-order chi connectivity index (χ0) is 34.0. The molecule has 0 N–H and O–H groups in total. The second kappa shape index (κ2) is 14.4. The molecule has 3 aliphatic heterocycles. The van der Waals surface area contributed by atoms with Gasteiger partial charge in [-0.2, -0.15) is 0 Å².